The molecule has 2 amide bonds. The molecular weight excluding hydrogens is 323 g/mol. The number of halogens is 1. The minimum Gasteiger partial charge on any atom is -0.352 e. The molecule has 2 aliphatic heterocycles. The molecule has 1 fully saturated rings. The molecule has 130 valence electrons. The second kappa shape index (κ2) is 6.31. The number of hydrogen-bond acceptors (Lipinski definition) is 3. The average Bonchev–Trinajstić information content (AvgIpc) is 3.05. The molecule has 3 heterocycles. The van der Waals surface area contributed by atoms with E-state index in [2.05, 4.69) is 10.4 Å². The maximum Gasteiger partial charge on any atom is 0.258 e. The molecule has 1 N–H and O–H groups in total. The summed E-state index contributed by atoms with van der Waals surface area (Å²) in [7, 11) is 0. The quantitative estimate of drug-likeness (QED) is 0.903. The van der Waals surface area contributed by atoms with Crippen molar-refractivity contribution < 1.29 is 14.0 Å². The van der Waals surface area contributed by atoms with E-state index in [1.54, 1.807) is 18.3 Å². The molecule has 1 aromatic heterocycles. The Balaban J connectivity index is 1.70. The minimum absolute atomic E-state index is 0.215. The van der Waals surface area contributed by atoms with Crippen molar-refractivity contribution in [2.24, 2.45) is 0 Å². The average molecular weight is 342 g/mol. The highest BCUT2D eigenvalue weighted by Gasteiger charge is 2.36. The Labute approximate surface area is 144 Å². The van der Waals surface area contributed by atoms with Gasteiger partial charge in [-0.15, -0.1) is 0 Å². The lowest BCUT2D eigenvalue weighted by Gasteiger charge is -2.35. The van der Waals surface area contributed by atoms with E-state index in [-0.39, 0.29) is 11.8 Å². The van der Waals surface area contributed by atoms with E-state index in [4.69, 9.17) is 0 Å². The molecule has 0 spiro atoms. The number of aromatic nitrogens is 2. The Hall–Kier alpha value is -2.70. The summed E-state index contributed by atoms with van der Waals surface area (Å²) in [6.45, 7) is 1.59. The van der Waals surface area contributed by atoms with Gasteiger partial charge in [0, 0.05) is 19.6 Å². The SMILES string of the molecule is O=C1NCCN(C(=O)c2cnn3c2CCCC3)C1c1cccc(F)c1. The van der Waals surface area contributed by atoms with Gasteiger partial charge in [-0.25, -0.2) is 4.39 Å². The second-order valence-corrected chi connectivity index (χ2v) is 6.43. The van der Waals surface area contributed by atoms with Gasteiger partial charge in [0.1, 0.15) is 11.9 Å². The molecule has 0 aliphatic carbocycles. The summed E-state index contributed by atoms with van der Waals surface area (Å²) < 4.78 is 15.5. The van der Waals surface area contributed by atoms with Crippen molar-refractivity contribution in [2.75, 3.05) is 13.1 Å². The van der Waals surface area contributed by atoms with Crippen LogP contribution in [0.25, 0.3) is 0 Å². The predicted octanol–water partition coefficient (Wildman–Crippen LogP) is 1.67. The van der Waals surface area contributed by atoms with E-state index < -0.39 is 11.9 Å². The first-order valence-electron chi connectivity index (χ1n) is 8.54. The zero-order valence-electron chi connectivity index (χ0n) is 13.7. The zero-order valence-corrected chi connectivity index (χ0v) is 13.7. The molecule has 0 saturated carbocycles. The van der Waals surface area contributed by atoms with Crippen molar-refractivity contribution in [2.45, 2.75) is 31.8 Å². The van der Waals surface area contributed by atoms with Crippen LogP contribution in [-0.4, -0.2) is 39.6 Å². The number of carbonyl (C=O) groups excluding carboxylic acids is 2. The van der Waals surface area contributed by atoms with Crippen LogP contribution in [0, 0.1) is 5.82 Å². The van der Waals surface area contributed by atoms with Crippen LogP contribution < -0.4 is 5.32 Å². The zero-order chi connectivity index (χ0) is 17.4. The smallest absolute Gasteiger partial charge is 0.258 e. The molecule has 1 atom stereocenters. The summed E-state index contributed by atoms with van der Waals surface area (Å²) in [4.78, 5) is 27.1. The van der Waals surface area contributed by atoms with Crippen LogP contribution in [0.1, 0.15) is 40.5 Å². The highest BCUT2D eigenvalue weighted by atomic mass is 19.1. The van der Waals surface area contributed by atoms with Gasteiger partial charge in [0.15, 0.2) is 0 Å². The second-order valence-electron chi connectivity index (χ2n) is 6.43. The van der Waals surface area contributed by atoms with Crippen molar-refractivity contribution in [3.05, 3.63) is 53.1 Å². The van der Waals surface area contributed by atoms with Crippen LogP contribution in [0.2, 0.25) is 0 Å². The first-order valence-corrected chi connectivity index (χ1v) is 8.54. The van der Waals surface area contributed by atoms with Gasteiger partial charge in [-0.2, -0.15) is 5.10 Å². The molecular formula is C18H19FN4O2. The van der Waals surface area contributed by atoms with Crippen molar-refractivity contribution in [1.29, 1.82) is 0 Å². The summed E-state index contributed by atoms with van der Waals surface area (Å²) >= 11 is 0. The fraction of sp³-hybridized carbons (Fsp3) is 0.389. The predicted molar refractivity (Wildman–Crippen MR) is 88.4 cm³/mol. The van der Waals surface area contributed by atoms with Gasteiger partial charge in [0.25, 0.3) is 5.91 Å². The summed E-state index contributed by atoms with van der Waals surface area (Å²) in [6.07, 6.45) is 4.49. The number of nitrogens with one attached hydrogen (secondary N) is 1. The van der Waals surface area contributed by atoms with Crippen molar-refractivity contribution in [3.8, 4) is 0 Å². The number of amides is 2. The Morgan fingerprint density at radius 3 is 3.00 bits per heavy atom. The molecule has 6 nitrogen and oxygen atoms in total. The van der Waals surface area contributed by atoms with E-state index in [9.17, 15) is 14.0 Å². The number of hydrogen-bond donors (Lipinski definition) is 1. The highest BCUT2D eigenvalue weighted by Crippen LogP contribution is 2.27. The van der Waals surface area contributed by atoms with E-state index in [0.717, 1.165) is 31.5 Å². The Morgan fingerprint density at radius 2 is 2.16 bits per heavy atom. The Bertz CT molecular complexity index is 832. The number of carbonyl (C=O) groups is 2. The summed E-state index contributed by atoms with van der Waals surface area (Å²) in [5.41, 5.74) is 1.96. The summed E-state index contributed by atoms with van der Waals surface area (Å²) in [5.74, 6) is -0.926. The lowest BCUT2D eigenvalue weighted by molar-refractivity contribution is -0.128. The van der Waals surface area contributed by atoms with Gasteiger partial charge in [-0.1, -0.05) is 12.1 Å². The molecule has 0 bridgehead atoms. The third kappa shape index (κ3) is 2.79. The maximum absolute atomic E-state index is 13.6. The number of benzene rings is 1. The van der Waals surface area contributed by atoms with Gasteiger partial charge in [-0.3, -0.25) is 14.3 Å². The number of piperazine rings is 1. The fourth-order valence-corrected chi connectivity index (χ4v) is 3.65. The molecule has 25 heavy (non-hydrogen) atoms. The van der Waals surface area contributed by atoms with E-state index in [1.807, 2.05) is 4.68 Å². The third-order valence-corrected chi connectivity index (χ3v) is 4.85. The number of aryl methyl sites for hydroxylation is 1. The normalized spacial score (nSPS) is 20.1. The Morgan fingerprint density at radius 1 is 1.28 bits per heavy atom. The molecule has 7 heteroatoms. The number of nitrogens with zero attached hydrogens (tertiary/aromatic N) is 3. The van der Waals surface area contributed by atoms with Crippen LogP contribution in [0.15, 0.2) is 30.5 Å². The van der Waals surface area contributed by atoms with Crippen LogP contribution in [0.5, 0.6) is 0 Å². The first-order chi connectivity index (χ1) is 12.1. The Kier molecular flexibility index (Phi) is 3.99. The number of fused-ring (bicyclic) bond motifs is 1. The molecule has 1 unspecified atom stereocenters. The van der Waals surface area contributed by atoms with Crippen molar-refractivity contribution in [3.63, 3.8) is 0 Å². The molecule has 4 rings (SSSR count). The molecule has 1 aromatic carbocycles. The lowest BCUT2D eigenvalue weighted by atomic mass is 10.00. The third-order valence-electron chi connectivity index (χ3n) is 4.85. The van der Waals surface area contributed by atoms with Gasteiger partial charge in [0.05, 0.1) is 17.5 Å². The van der Waals surface area contributed by atoms with Crippen LogP contribution in [0.4, 0.5) is 4.39 Å². The van der Waals surface area contributed by atoms with Crippen LogP contribution in [-0.2, 0) is 17.8 Å². The standard InChI is InChI=1S/C18H19FN4O2/c19-13-5-3-4-12(10-13)16-17(24)20-7-9-22(16)18(25)14-11-21-23-8-2-1-6-15(14)23/h3-5,10-11,16H,1-2,6-9H2,(H,20,24). The lowest BCUT2D eigenvalue weighted by Crippen LogP contribution is -2.52. The summed E-state index contributed by atoms with van der Waals surface area (Å²) in [5, 5.41) is 7.08. The fourth-order valence-electron chi connectivity index (χ4n) is 3.65. The van der Waals surface area contributed by atoms with Crippen molar-refractivity contribution >= 4 is 11.8 Å². The monoisotopic (exact) mass is 342 g/mol. The summed E-state index contributed by atoms with van der Waals surface area (Å²) in [6, 6.07) is 5.04. The van der Waals surface area contributed by atoms with Gasteiger partial charge in [-0.05, 0) is 37.0 Å². The van der Waals surface area contributed by atoms with Crippen molar-refractivity contribution in [1.82, 2.24) is 20.0 Å². The van der Waals surface area contributed by atoms with Crippen LogP contribution >= 0.6 is 0 Å². The first kappa shape index (κ1) is 15.8. The minimum atomic E-state index is -0.823. The van der Waals surface area contributed by atoms with E-state index in [0.29, 0.717) is 24.2 Å². The van der Waals surface area contributed by atoms with Gasteiger partial charge >= 0.3 is 0 Å². The maximum atomic E-state index is 13.6. The van der Waals surface area contributed by atoms with Gasteiger partial charge < -0.3 is 10.2 Å². The largest absolute Gasteiger partial charge is 0.352 e. The topological polar surface area (TPSA) is 67.2 Å². The molecule has 2 aliphatic rings. The molecule has 0 radical (unpaired) electrons. The van der Waals surface area contributed by atoms with E-state index >= 15 is 0 Å². The van der Waals surface area contributed by atoms with Gasteiger partial charge in [0.2, 0.25) is 5.91 Å². The molecule has 1 saturated heterocycles. The van der Waals surface area contributed by atoms with E-state index in [1.165, 1.54) is 17.0 Å². The highest BCUT2D eigenvalue weighted by molar-refractivity contribution is 5.99. The molecule has 2 aromatic rings. The van der Waals surface area contributed by atoms with Crippen LogP contribution in [0.3, 0.4) is 0 Å². The number of rotatable bonds is 2.